The number of rotatable bonds is 8. The van der Waals surface area contributed by atoms with Gasteiger partial charge in [-0.2, -0.15) is 13.5 Å². The summed E-state index contributed by atoms with van der Waals surface area (Å²) in [6.07, 6.45) is 2.27. The number of hydrogen-bond donors (Lipinski definition) is 2. The first-order chi connectivity index (χ1) is 18.8. The number of hydrogen-bond acceptors (Lipinski definition) is 5. The molecule has 3 N–H and O–H groups in total. The highest BCUT2D eigenvalue weighted by molar-refractivity contribution is 9.10. The largest absolute Gasteiger partial charge is 0.491 e. The van der Waals surface area contributed by atoms with E-state index in [1.54, 1.807) is 24.3 Å². The summed E-state index contributed by atoms with van der Waals surface area (Å²) < 4.78 is 67.8. The van der Waals surface area contributed by atoms with E-state index < -0.39 is 33.5 Å². The van der Waals surface area contributed by atoms with Gasteiger partial charge < -0.3 is 15.4 Å². The maximum atomic E-state index is 16.1. The first-order valence-electron chi connectivity index (χ1n) is 13.3. The van der Waals surface area contributed by atoms with Gasteiger partial charge >= 0.3 is 0 Å². The molecule has 2 saturated heterocycles. The number of carbonyl (C=O) groups excluding carboxylic acids is 1. The molecule has 0 saturated carbocycles. The monoisotopic (exact) mass is 635 g/mol. The number of benzene rings is 3. The van der Waals surface area contributed by atoms with E-state index in [1.165, 1.54) is 41.3 Å². The van der Waals surface area contributed by atoms with Crippen LogP contribution in [0, 0.1) is 0 Å². The first kappa shape index (κ1) is 28.9. The van der Waals surface area contributed by atoms with Gasteiger partial charge in [-0.05, 0) is 86.7 Å². The molecule has 3 aromatic rings. The Hall–Kier alpha value is -2.60. The van der Waals surface area contributed by atoms with E-state index in [9.17, 15) is 13.2 Å². The number of carbonyl (C=O) groups is 1. The van der Waals surface area contributed by atoms with Crippen molar-refractivity contribution in [1.82, 2.24) is 9.62 Å². The van der Waals surface area contributed by atoms with E-state index in [4.69, 9.17) is 10.5 Å². The van der Waals surface area contributed by atoms with Crippen molar-refractivity contribution < 1.29 is 26.7 Å². The molecular weight excluding hydrogens is 604 g/mol. The maximum absolute atomic E-state index is 16.1. The van der Waals surface area contributed by atoms with Crippen molar-refractivity contribution >= 4 is 42.6 Å². The molecular formula is C29H32BrF2N3O4S. The van der Waals surface area contributed by atoms with Crippen molar-refractivity contribution in [3.8, 4) is 5.75 Å². The molecule has 214 valence electrons. The highest BCUT2D eigenvalue weighted by atomic mass is 79.9. The Balaban J connectivity index is 1.50. The van der Waals surface area contributed by atoms with Crippen molar-refractivity contribution in [2.45, 2.75) is 80.6 Å². The molecule has 2 fully saturated rings. The first-order valence-corrected chi connectivity index (χ1v) is 15.6. The minimum Gasteiger partial charge on any atom is -0.491 e. The van der Waals surface area contributed by atoms with Crippen LogP contribution < -0.4 is 15.2 Å². The second-order valence-corrected chi connectivity index (χ2v) is 13.5. The standard InChI is InChI=1S/C29H32BrF2N3O4S/c1-17(2)39-25-11-3-19-14-26(12-4-18(19)13-25)40(37,38)34-27(29(31,32)20-5-7-21(30)8-6-20)28(36)35-23-9-10-24(35)16-22(33)15-23/h3-8,11-14,17,22-24,27,34H,9-10,15-16,33H2,1-2H3/t22?,23?,24?,27-/m1/s1. The van der Waals surface area contributed by atoms with Crippen LogP contribution in [0.2, 0.25) is 0 Å². The van der Waals surface area contributed by atoms with Gasteiger partial charge in [-0.15, -0.1) is 0 Å². The highest BCUT2D eigenvalue weighted by Crippen LogP contribution is 2.40. The highest BCUT2D eigenvalue weighted by Gasteiger charge is 2.53. The third-order valence-electron chi connectivity index (χ3n) is 7.60. The van der Waals surface area contributed by atoms with Crippen LogP contribution in [0.15, 0.2) is 70.0 Å². The Morgan fingerprint density at radius 3 is 2.25 bits per heavy atom. The molecule has 0 aromatic heterocycles. The molecule has 3 atom stereocenters. The number of amides is 1. The Morgan fingerprint density at radius 2 is 1.62 bits per heavy atom. The van der Waals surface area contributed by atoms with Gasteiger partial charge in [-0.3, -0.25) is 4.79 Å². The zero-order chi connectivity index (χ0) is 28.8. The van der Waals surface area contributed by atoms with E-state index in [2.05, 4.69) is 20.7 Å². The van der Waals surface area contributed by atoms with Crippen LogP contribution in [0.3, 0.4) is 0 Å². The molecule has 0 radical (unpaired) electrons. The minimum absolute atomic E-state index is 0.0333. The molecule has 0 spiro atoms. The van der Waals surface area contributed by atoms with Crippen LogP contribution in [0.25, 0.3) is 10.8 Å². The third kappa shape index (κ3) is 5.74. The summed E-state index contributed by atoms with van der Waals surface area (Å²) in [6.45, 7) is 3.80. The van der Waals surface area contributed by atoms with Crippen LogP contribution in [-0.2, 0) is 20.7 Å². The topological polar surface area (TPSA) is 102 Å². The Kier molecular flexibility index (Phi) is 7.95. The summed E-state index contributed by atoms with van der Waals surface area (Å²) in [5.74, 6) is -4.14. The lowest BCUT2D eigenvalue weighted by Crippen LogP contribution is -2.60. The normalized spacial score (nSPS) is 22.1. The zero-order valence-corrected chi connectivity index (χ0v) is 24.6. The molecule has 3 aromatic carbocycles. The summed E-state index contributed by atoms with van der Waals surface area (Å²) in [5, 5.41) is 1.32. The van der Waals surface area contributed by atoms with E-state index in [0.29, 0.717) is 41.3 Å². The lowest BCUT2D eigenvalue weighted by Gasteiger charge is -2.41. The predicted octanol–water partition coefficient (Wildman–Crippen LogP) is 5.31. The lowest BCUT2D eigenvalue weighted by molar-refractivity contribution is -0.149. The van der Waals surface area contributed by atoms with Crippen LogP contribution >= 0.6 is 15.9 Å². The quantitative estimate of drug-likeness (QED) is 0.349. The number of fused-ring (bicyclic) bond motifs is 3. The Bertz CT molecular complexity index is 1500. The summed E-state index contributed by atoms with van der Waals surface area (Å²) in [6, 6.07) is 11.7. The predicted molar refractivity (Wildman–Crippen MR) is 153 cm³/mol. The van der Waals surface area contributed by atoms with E-state index in [1.807, 2.05) is 13.8 Å². The second kappa shape index (κ2) is 11.0. The fourth-order valence-corrected chi connectivity index (χ4v) is 7.27. The number of alkyl halides is 2. The van der Waals surface area contributed by atoms with Crippen LogP contribution in [0.5, 0.6) is 5.75 Å². The molecule has 0 aliphatic carbocycles. The van der Waals surface area contributed by atoms with Crippen LogP contribution in [0.1, 0.15) is 45.1 Å². The number of nitrogens with one attached hydrogen (secondary N) is 1. The van der Waals surface area contributed by atoms with Gasteiger partial charge in [0.25, 0.3) is 5.92 Å². The SMILES string of the molecule is CC(C)Oc1ccc2cc(S(=O)(=O)N[C@H](C(=O)N3C4CCC3CC(N)C4)C(F)(F)c3ccc(Br)cc3)ccc2c1. The second-order valence-electron chi connectivity index (χ2n) is 10.9. The summed E-state index contributed by atoms with van der Waals surface area (Å²) in [7, 11) is -4.53. The van der Waals surface area contributed by atoms with Gasteiger partial charge in [0.15, 0.2) is 6.04 Å². The van der Waals surface area contributed by atoms with Crippen molar-refractivity contribution in [2.24, 2.45) is 5.73 Å². The Labute approximate surface area is 241 Å². The smallest absolute Gasteiger partial charge is 0.298 e. The van der Waals surface area contributed by atoms with Gasteiger partial charge in [-0.1, -0.05) is 40.2 Å². The van der Waals surface area contributed by atoms with Crippen molar-refractivity contribution in [2.75, 3.05) is 0 Å². The van der Waals surface area contributed by atoms with Crippen LogP contribution in [-0.4, -0.2) is 49.5 Å². The van der Waals surface area contributed by atoms with E-state index >= 15 is 8.78 Å². The van der Waals surface area contributed by atoms with Gasteiger partial charge in [0.05, 0.1) is 11.0 Å². The molecule has 40 heavy (non-hydrogen) atoms. The molecule has 2 aliphatic heterocycles. The lowest BCUT2D eigenvalue weighted by atomic mass is 9.95. The molecule has 11 heteroatoms. The van der Waals surface area contributed by atoms with Crippen molar-refractivity contribution in [1.29, 1.82) is 0 Å². The number of piperidine rings is 1. The van der Waals surface area contributed by atoms with Crippen molar-refractivity contribution in [3.05, 3.63) is 70.7 Å². The fraction of sp³-hybridized carbons (Fsp3) is 0.414. The number of nitrogens with two attached hydrogens (primary N) is 1. The van der Waals surface area contributed by atoms with Crippen molar-refractivity contribution in [3.63, 3.8) is 0 Å². The molecule has 5 rings (SSSR count). The van der Waals surface area contributed by atoms with Crippen LogP contribution in [0.4, 0.5) is 8.78 Å². The molecule has 2 bridgehead atoms. The molecule has 2 unspecified atom stereocenters. The summed E-state index contributed by atoms with van der Waals surface area (Å²) in [4.78, 5) is 15.1. The number of sulfonamides is 1. The number of halogens is 3. The zero-order valence-electron chi connectivity index (χ0n) is 22.2. The average molecular weight is 637 g/mol. The molecule has 7 nitrogen and oxygen atoms in total. The van der Waals surface area contributed by atoms with Gasteiger partial charge in [0.1, 0.15) is 5.75 Å². The number of nitrogens with zero attached hydrogens (tertiary/aromatic N) is 1. The average Bonchev–Trinajstić information content (AvgIpc) is 3.17. The van der Waals surface area contributed by atoms with E-state index in [-0.39, 0.29) is 29.1 Å². The number of ether oxygens (including phenoxy) is 1. The molecule has 2 aliphatic rings. The van der Waals surface area contributed by atoms with E-state index in [0.717, 1.165) is 5.39 Å². The molecule has 2 heterocycles. The minimum atomic E-state index is -4.53. The molecule has 1 amide bonds. The fourth-order valence-electron chi connectivity index (χ4n) is 5.78. The van der Waals surface area contributed by atoms with Gasteiger partial charge in [0.2, 0.25) is 15.9 Å². The summed E-state index contributed by atoms with van der Waals surface area (Å²) >= 11 is 3.23. The maximum Gasteiger partial charge on any atom is 0.298 e. The third-order valence-corrected chi connectivity index (χ3v) is 9.55. The van der Waals surface area contributed by atoms with Gasteiger partial charge in [-0.25, -0.2) is 8.42 Å². The Morgan fingerprint density at radius 1 is 1.02 bits per heavy atom. The van der Waals surface area contributed by atoms with Gasteiger partial charge in [0, 0.05) is 28.2 Å². The summed E-state index contributed by atoms with van der Waals surface area (Å²) in [5.41, 5.74) is 5.67.